The molecule has 0 radical (unpaired) electrons. The Morgan fingerprint density at radius 2 is 2.15 bits per heavy atom. The zero-order valence-corrected chi connectivity index (χ0v) is 16.0. The summed E-state index contributed by atoms with van der Waals surface area (Å²) in [6.07, 6.45) is 2.93. The van der Waals surface area contributed by atoms with Crippen LogP contribution in [0.15, 0.2) is 60.1 Å². The van der Waals surface area contributed by atoms with E-state index in [1.54, 1.807) is 18.4 Å². The van der Waals surface area contributed by atoms with E-state index < -0.39 is 0 Å². The first-order valence-electron chi connectivity index (χ1n) is 9.19. The molecule has 5 heteroatoms. The molecule has 0 bridgehead atoms. The molecule has 1 aliphatic rings. The first kappa shape index (κ1) is 16.5. The summed E-state index contributed by atoms with van der Waals surface area (Å²) in [5.74, 6) is 0.893. The molecule has 2 aromatic carbocycles. The van der Waals surface area contributed by atoms with Crippen molar-refractivity contribution in [3.63, 3.8) is 0 Å². The van der Waals surface area contributed by atoms with E-state index in [4.69, 9.17) is 4.74 Å². The molecule has 4 nitrogen and oxygen atoms in total. The topological polar surface area (TPSA) is 41.1 Å². The van der Waals surface area contributed by atoms with Crippen LogP contribution in [0.25, 0.3) is 10.9 Å². The van der Waals surface area contributed by atoms with Gasteiger partial charge in [-0.05, 0) is 35.7 Å². The maximum atomic E-state index is 5.49. The molecule has 0 saturated carbocycles. The van der Waals surface area contributed by atoms with Gasteiger partial charge in [0, 0.05) is 34.7 Å². The number of fused-ring (bicyclic) bond motifs is 3. The van der Waals surface area contributed by atoms with Crippen LogP contribution in [0.3, 0.4) is 0 Å². The summed E-state index contributed by atoms with van der Waals surface area (Å²) in [5, 5.41) is 4.55. The molecule has 3 heterocycles. The number of hydrogen-bond donors (Lipinski definition) is 1. The number of nitrogens with one attached hydrogen (secondary N) is 1. The van der Waals surface area contributed by atoms with Crippen molar-refractivity contribution in [3.8, 4) is 5.75 Å². The van der Waals surface area contributed by atoms with Gasteiger partial charge in [-0.15, -0.1) is 11.3 Å². The highest BCUT2D eigenvalue weighted by atomic mass is 32.1. The van der Waals surface area contributed by atoms with Crippen molar-refractivity contribution in [3.05, 3.63) is 81.9 Å². The van der Waals surface area contributed by atoms with Crippen LogP contribution in [0, 0.1) is 0 Å². The predicted octanol–water partition coefficient (Wildman–Crippen LogP) is 4.78. The molecule has 4 aromatic rings. The van der Waals surface area contributed by atoms with Crippen LogP contribution < -0.4 is 4.74 Å². The number of nitrogens with zero attached hydrogens (tertiary/aromatic N) is 2. The second-order valence-corrected chi connectivity index (χ2v) is 7.87. The number of ether oxygens (including phenoxy) is 1. The van der Waals surface area contributed by atoms with Crippen LogP contribution in [0.1, 0.15) is 27.9 Å². The van der Waals surface area contributed by atoms with E-state index in [1.807, 2.05) is 17.6 Å². The second kappa shape index (κ2) is 6.83. The summed E-state index contributed by atoms with van der Waals surface area (Å²) in [6.45, 7) is 1.87. The van der Waals surface area contributed by atoms with E-state index in [0.717, 1.165) is 30.3 Å². The Morgan fingerprint density at radius 3 is 3.00 bits per heavy atom. The Balaban J connectivity index is 1.64. The number of thiazole rings is 1. The third-order valence-corrected chi connectivity index (χ3v) is 6.13. The molecule has 0 aliphatic carbocycles. The van der Waals surface area contributed by atoms with E-state index in [2.05, 4.69) is 57.3 Å². The summed E-state index contributed by atoms with van der Waals surface area (Å²) in [6, 6.07) is 17.2. The molecule has 1 N–H and O–H groups in total. The quantitative estimate of drug-likeness (QED) is 0.558. The zero-order chi connectivity index (χ0) is 18.2. The molecular weight excluding hydrogens is 354 g/mol. The monoisotopic (exact) mass is 375 g/mol. The normalized spacial score (nSPS) is 17.1. The van der Waals surface area contributed by atoms with Gasteiger partial charge in [0.05, 0.1) is 19.7 Å². The van der Waals surface area contributed by atoms with Gasteiger partial charge in [-0.2, -0.15) is 0 Å². The summed E-state index contributed by atoms with van der Waals surface area (Å²) >= 11 is 1.72. The highest BCUT2D eigenvalue weighted by Crippen LogP contribution is 2.39. The van der Waals surface area contributed by atoms with Crippen molar-refractivity contribution in [1.82, 2.24) is 14.9 Å². The minimum Gasteiger partial charge on any atom is -0.497 e. The lowest BCUT2D eigenvalue weighted by atomic mass is 9.92. The molecule has 1 unspecified atom stereocenters. The fourth-order valence-electron chi connectivity index (χ4n) is 4.15. The molecule has 5 rings (SSSR count). The maximum absolute atomic E-state index is 5.49. The van der Waals surface area contributed by atoms with Crippen molar-refractivity contribution in [2.75, 3.05) is 13.7 Å². The Morgan fingerprint density at radius 1 is 1.22 bits per heavy atom. The molecule has 27 heavy (non-hydrogen) atoms. The number of methoxy groups -OCH3 is 1. The SMILES string of the molecule is COc1cccc(C2c3[nH]c4ccccc4c3CCN2Cc2nccs2)c1. The number of benzene rings is 2. The third kappa shape index (κ3) is 2.93. The van der Waals surface area contributed by atoms with Crippen LogP contribution in [0.5, 0.6) is 5.75 Å². The van der Waals surface area contributed by atoms with Gasteiger partial charge in [0.1, 0.15) is 10.8 Å². The minimum atomic E-state index is 0.167. The zero-order valence-electron chi connectivity index (χ0n) is 15.2. The van der Waals surface area contributed by atoms with Crippen LogP contribution in [0.4, 0.5) is 0 Å². The van der Waals surface area contributed by atoms with Crippen LogP contribution in [-0.4, -0.2) is 28.5 Å². The molecule has 1 aliphatic heterocycles. The average molecular weight is 375 g/mol. The molecule has 0 amide bonds. The van der Waals surface area contributed by atoms with E-state index in [-0.39, 0.29) is 6.04 Å². The van der Waals surface area contributed by atoms with E-state index >= 15 is 0 Å². The number of rotatable bonds is 4. The molecule has 1 atom stereocenters. The van der Waals surface area contributed by atoms with Crippen LogP contribution in [0.2, 0.25) is 0 Å². The van der Waals surface area contributed by atoms with Crippen molar-refractivity contribution in [2.24, 2.45) is 0 Å². The number of aromatic amines is 1. The van der Waals surface area contributed by atoms with Gasteiger partial charge in [-0.3, -0.25) is 4.90 Å². The molecule has 2 aromatic heterocycles. The number of hydrogen-bond acceptors (Lipinski definition) is 4. The third-order valence-electron chi connectivity index (χ3n) is 5.37. The smallest absolute Gasteiger partial charge is 0.119 e. The highest BCUT2D eigenvalue weighted by molar-refractivity contribution is 7.09. The molecule has 0 saturated heterocycles. The van der Waals surface area contributed by atoms with Gasteiger partial charge in [0.25, 0.3) is 0 Å². The number of para-hydroxylation sites is 1. The van der Waals surface area contributed by atoms with Crippen LogP contribution >= 0.6 is 11.3 Å². The Bertz CT molecular complexity index is 1070. The van der Waals surface area contributed by atoms with Gasteiger partial charge >= 0.3 is 0 Å². The lowest BCUT2D eigenvalue weighted by Gasteiger charge is -2.35. The Labute approximate surface area is 162 Å². The fraction of sp³-hybridized carbons (Fsp3) is 0.227. The standard InChI is InChI=1S/C22H21N3OS/c1-26-16-6-4-5-15(13-16)22-21-18(17-7-2-3-8-19(17)24-21)9-11-25(22)14-20-23-10-12-27-20/h2-8,10,12-13,22,24H,9,11,14H2,1H3. The predicted molar refractivity (Wildman–Crippen MR) is 109 cm³/mol. The minimum absolute atomic E-state index is 0.167. The van der Waals surface area contributed by atoms with E-state index in [0.29, 0.717) is 0 Å². The number of aromatic nitrogens is 2. The lowest BCUT2D eigenvalue weighted by molar-refractivity contribution is 0.201. The van der Waals surface area contributed by atoms with Crippen LogP contribution in [-0.2, 0) is 13.0 Å². The number of H-pyrrole nitrogens is 1. The summed E-state index contributed by atoms with van der Waals surface area (Å²) in [5.41, 5.74) is 5.20. The van der Waals surface area contributed by atoms with Crippen molar-refractivity contribution >= 4 is 22.2 Å². The Kier molecular flexibility index (Phi) is 4.19. The lowest BCUT2D eigenvalue weighted by Crippen LogP contribution is -2.35. The Hall–Kier alpha value is -2.63. The summed E-state index contributed by atoms with van der Waals surface area (Å²) < 4.78 is 5.49. The van der Waals surface area contributed by atoms with Gasteiger partial charge in [-0.25, -0.2) is 4.98 Å². The van der Waals surface area contributed by atoms with Gasteiger partial charge in [0.15, 0.2) is 0 Å². The summed E-state index contributed by atoms with van der Waals surface area (Å²) in [4.78, 5) is 10.7. The first-order valence-corrected chi connectivity index (χ1v) is 10.1. The maximum Gasteiger partial charge on any atom is 0.119 e. The van der Waals surface area contributed by atoms with Gasteiger partial charge in [0.2, 0.25) is 0 Å². The van der Waals surface area contributed by atoms with Crippen molar-refractivity contribution < 1.29 is 4.74 Å². The van der Waals surface area contributed by atoms with Crippen molar-refractivity contribution in [1.29, 1.82) is 0 Å². The van der Waals surface area contributed by atoms with Crippen molar-refractivity contribution in [2.45, 2.75) is 19.0 Å². The van der Waals surface area contributed by atoms with Gasteiger partial charge < -0.3 is 9.72 Å². The van der Waals surface area contributed by atoms with E-state index in [9.17, 15) is 0 Å². The molecule has 0 fully saturated rings. The van der Waals surface area contributed by atoms with Gasteiger partial charge in [-0.1, -0.05) is 30.3 Å². The fourth-order valence-corrected chi connectivity index (χ4v) is 4.80. The molecule has 136 valence electrons. The first-order chi connectivity index (χ1) is 13.3. The second-order valence-electron chi connectivity index (χ2n) is 6.89. The average Bonchev–Trinajstić information content (AvgIpc) is 3.35. The summed E-state index contributed by atoms with van der Waals surface area (Å²) in [7, 11) is 1.72. The highest BCUT2D eigenvalue weighted by Gasteiger charge is 2.32. The largest absolute Gasteiger partial charge is 0.497 e. The molecular formula is C22H21N3OS. The molecule has 0 spiro atoms. The van der Waals surface area contributed by atoms with E-state index in [1.165, 1.54) is 27.7 Å².